The Morgan fingerprint density at radius 1 is 1.00 bits per heavy atom. The summed E-state index contributed by atoms with van der Waals surface area (Å²) < 4.78 is 10.7. The summed E-state index contributed by atoms with van der Waals surface area (Å²) in [6, 6.07) is 9.60. The Morgan fingerprint density at radius 3 is 2.54 bits per heavy atom. The van der Waals surface area contributed by atoms with Crippen LogP contribution in [0.2, 0.25) is 0 Å². The first kappa shape index (κ1) is 18.0. The van der Waals surface area contributed by atoms with Gasteiger partial charge in [0, 0.05) is 37.6 Å². The van der Waals surface area contributed by atoms with Crippen LogP contribution in [0.4, 0.5) is 5.69 Å². The van der Waals surface area contributed by atoms with Crippen molar-refractivity contribution in [2.24, 2.45) is 0 Å². The average Bonchev–Trinajstić information content (AvgIpc) is 2.78. The Labute approximate surface area is 163 Å². The molecule has 4 rings (SSSR count). The van der Waals surface area contributed by atoms with Crippen LogP contribution in [0.3, 0.4) is 0 Å². The number of pyridine rings is 2. The van der Waals surface area contributed by atoms with Crippen LogP contribution < -0.4 is 14.4 Å². The Bertz CT molecular complexity index is 1000. The second kappa shape index (κ2) is 7.72. The fraction of sp³-hybridized carbons (Fsp3) is 0.286. The van der Waals surface area contributed by atoms with Gasteiger partial charge in [0.15, 0.2) is 5.75 Å². The molecule has 0 aliphatic carbocycles. The largest absolute Gasteiger partial charge is 0.495 e. The number of anilines is 1. The number of nitrogens with zero attached hydrogens (tertiary/aromatic N) is 4. The smallest absolute Gasteiger partial charge is 0.258 e. The molecule has 28 heavy (non-hydrogen) atoms. The molecule has 1 aliphatic heterocycles. The lowest BCUT2D eigenvalue weighted by Gasteiger charge is -2.36. The summed E-state index contributed by atoms with van der Waals surface area (Å²) in [6.07, 6.45) is 5.12. The van der Waals surface area contributed by atoms with Gasteiger partial charge in [-0.25, -0.2) is 0 Å². The highest BCUT2D eigenvalue weighted by Crippen LogP contribution is 2.28. The molecule has 144 valence electrons. The number of methoxy groups -OCH3 is 2. The highest BCUT2D eigenvalue weighted by Gasteiger charge is 2.26. The lowest BCUT2D eigenvalue weighted by molar-refractivity contribution is 0.0745. The Kier molecular flexibility index (Phi) is 4.97. The number of hydrogen-bond acceptors (Lipinski definition) is 6. The second-order valence-electron chi connectivity index (χ2n) is 6.58. The van der Waals surface area contributed by atoms with Crippen molar-refractivity contribution in [1.29, 1.82) is 0 Å². The molecule has 0 unspecified atom stereocenters. The highest BCUT2D eigenvalue weighted by atomic mass is 16.5. The zero-order chi connectivity index (χ0) is 19.5. The summed E-state index contributed by atoms with van der Waals surface area (Å²) >= 11 is 0. The lowest BCUT2D eigenvalue weighted by Crippen LogP contribution is -2.49. The predicted molar refractivity (Wildman–Crippen MR) is 107 cm³/mol. The van der Waals surface area contributed by atoms with Crippen LogP contribution in [-0.4, -0.2) is 61.2 Å². The van der Waals surface area contributed by atoms with Crippen LogP contribution in [0, 0.1) is 0 Å². The van der Waals surface area contributed by atoms with Gasteiger partial charge in [0.05, 0.1) is 49.6 Å². The van der Waals surface area contributed by atoms with E-state index in [2.05, 4.69) is 14.9 Å². The molecular weight excluding hydrogens is 356 g/mol. The molecule has 7 nitrogen and oxygen atoms in total. The predicted octanol–water partition coefficient (Wildman–Crippen LogP) is 2.61. The molecule has 1 aliphatic rings. The van der Waals surface area contributed by atoms with Gasteiger partial charge in [0.25, 0.3) is 5.91 Å². The number of amides is 1. The quantitative estimate of drug-likeness (QED) is 0.695. The van der Waals surface area contributed by atoms with Gasteiger partial charge < -0.3 is 19.3 Å². The van der Waals surface area contributed by atoms with Crippen molar-refractivity contribution in [3.8, 4) is 11.5 Å². The molecule has 3 aromatic rings. The van der Waals surface area contributed by atoms with Gasteiger partial charge in [-0.1, -0.05) is 18.2 Å². The van der Waals surface area contributed by atoms with Crippen LogP contribution in [0.5, 0.6) is 11.5 Å². The first-order valence-electron chi connectivity index (χ1n) is 9.16. The van der Waals surface area contributed by atoms with Crippen LogP contribution in [0.1, 0.15) is 10.4 Å². The van der Waals surface area contributed by atoms with E-state index in [1.807, 2.05) is 41.4 Å². The fourth-order valence-corrected chi connectivity index (χ4v) is 3.52. The summed E-state index contributed by atoms with van der Waals surface area (Å²) in [7, 11) is 3.19. The lowest BCUT2D eigenvalue weighted by atomic mass is 10.1. The molecule has 0 radical (unpaired) electrons. The Morgan fingerprint density at radius 2 is 1.79 bits per heavy atom. The normalized spacial score (nSPS) is 14.2. The van der Waals surface area contributed by atoms with E-state index in [4.69, 9.17) is 9.47 Å². The van der Waals surface area contributed by atoms with Gasteiger partial charge in [0.1, 0.15) is 5.75 Å². The number of rotatable bonds is 4. The van der Waals surface area contributed by atoms with Gasteiger partial charge >= 0.3 is 0 Å². The van der Waals surface area contributed by atoms with Crippen molar-refractivity contribution in [3.63, 3.8) is 0 Å². The topological polar surface area (TPSA) is 67.8 Å². The average molecular weight is 378 g/mol. The molecule has 1 saturated heterocycles. The SMILES string of the molecule is COc1cncc(N2CCN(C(=O)c3c(OC)cnc4ccccc34)CC2)c1. The molecule has 3 heterocycles. The first-order valence-corrected chi connectivity index (χ1v) is 9.16. The maximum absolute atomic E-state index is 13.3. The maximum atomic E-state index is 13.3. The molecule has 1 fully saturated rings. The molecule has 2 aromatic heterocycles. The Balaban J connectivity index is 1.55. The van der Waals surface area contributed by atoms with Crippen molar-refractivity contribution in [2.75, 3.05) is 45.3 Å². The minimum atomic E-state index is -0.0288. The summed E-state index contributed by atoms with van der Waals surface area (Å²) in [4.78, 5) is 26.0. The number of carbonyl (C=O) groups excluding carboxylic acids is 1. The van der Waals surface area contributed by atoms with Gasteiger partial charge in [-0.05, 0) is 6.07 Å². The molecule has 0 saturated carbocycles. The Hall–Kier alpha value is -3.35. The minimum Gasteiger partial charge on any atom is -0.495 e. The number of carbonyl (C=O) groups is 1. The van der Waals surface area contributed by atoms with E-state index in [1.165, 1.54) is 0 Å². The summed E-state index contributed by atoms with van der Waals surface area (Å²) in [5, 5.41) is 0.811. The molecule has 0 N–H and O–H groups in total. The van der Waals surface area contributed by atoms with Crippen molar-refractivity contribution < 1.29 is 14.3 Å². The molecule has 0 spiro atoms. The molecule has 7 heteroatoms. The van der Waals surface area contributed by atoms with E-state index in [1.54, 1.807) is 26.6 Å². The number of piperazine rings is 1. The number of para-hydroxylation sites is 1. The summed E-state index contributed by atoms with van der Waals surface area (Å²) in [6.45, 7) is 2.70. The van der Waals surface area contributed by atoms with Crippen LogP contribution >= 0.6 is 0 Å². The van der Waals surface area contributed by atoms with E-state index in [0.29, 0.717) is 24.4 Å². The van der Waals surface area contributed by atoms with E-state index in [9.17, 15) is 4.79 Å². The first-order chi connectivity index (χ1) is 13.7. The highest BCUT2D eigenvalue weighted by molar-refractivity contribution is 6.08. The van der Waals surface area contributed by atoms with Crippen LogP contribution in [-0.2, 0) is 0 Å². The van der Waals surface area contributed by atoms with Gasteiger partial charge in [-0.3, -0.25) is 14.8 Å². The fourth-order valence-electron chi connectivity index (χ4n) is 3.52. The van der Waals surface area contributed by atoms with Crippen LogP contribution in [0.25, 0.3) is 10.9 Å². The third-order valence-corrected chi connectivity index (χ3v) is 5.04. The third kappa shape index (κ3) is 3.31. The monoisotopic (exact) mass is 378 g/mol. The second-order valence-corrected chi connectivity index (χ2v) is 6.58. The van der Waals surface area contributed by atoms with E-state index < -0.39 is 0 Å². The van der Waals surface area contributed by atoms with E-state index in [0.717, 1.165) is 35.4 Å². The van der Waals surface area contributed by atoms with E-state index in [-0.39, 0.29) is 5.91 Å². The molecule has 0 atom stereocenters. The standard InChI is InChI=1S/C21H22N4O3/c1-27-16-11-15(12-22-13-16)24-7-9-25(10-8-24)21(26)20-17-5-3-4-6-18(17)23-14-19(20)28-2/h3-6,11-14H,7-10H2,1-2H3. The van der Waals surface area contributed by atoms with Crippen molar-refractivity contribution in [2.45, 2.75) is 0 Å². The van der Waals surface area contributed by atoms with E-state index >= 15 is 0 Å². The number of aromatic nitrogens is 2. The number of fused-ring (bicyclic) bond motifs is 1. The van der Waals surface area contributed by atoms with Gasteiger partial charge in [-0.2, -0.15) is 0 Å². The molecule has 0 bridgehead atoms. The van der Waals surface area contributed by atoms with Crippen molar-refractivity contribution in [3.05, 3.63) is 54.5 Å². The summed E-state index contributed by atoms with van der Waals surface area (Å²) in [5.41, 5.74) is 2.36. The third-order valence-electron chi connectivity index (χ3n) is 5.04. The molecule has 1 amide bonds. The maximum Gasteiger partial charge on any atom is 0.258 e. The zero-order valence-electron chi connectivity index (χ0n) is 16.0. The van der Waals surface area contributed by atoms with Gasteiger partial charge in [-0.15, -0.1) is 0 Å². The number of benzene rings is 1. The van der Waals surface area contributed by atoms with Crippen molar-refractivity contribution >= 4 is 22.5 Å². The summed E-state index contributed by atoms with van der Waals surface area (Å²) in [5.74, 6) is 1.20. The minimum absolute atomic E-state index is 0.0288. The van der Waals surface area contributed by atoms with Crippen molar-refractivity contribution in [1.82, 2.24) is 14.9 Å². The molecular formula is C21H22N4O3. The molecule has 1 aromatic carbocycles. The van der Waals surface area contributed by atoms with Crippen LogP contribution in [0.15, 0.2) is 48.9 Å². The van der Waals surface area contributed by atoms with Gasteiger partial charge in [0.2, 0.25) is 0 Å². The number of hydrogen-bond donors (Lipinski definition) is 0. The zero-order valence-corrected chi connectivity index (χ0v) is 16.0. The number of ether oxygens (including phenoxy) is 2.